The van der Waals surface area contributed by atoms with Crippen molar-refractivity contribution in [2.45, 2.75) is 38.1 Å². The molecule has 8 nitrogen and oxygen atoms in total. The molecule has 0 radical (unpaired) electrons. The highest BCUT2D eigenvalue weighted by atomic mass is 19.4. The first-order chi connectivity index (χ1) is 17.0. The van der Waals surface area contributed by atoms with E-state index in [1.165, 1.54) is 24.3 Å². The van der Waals surface area contributed by atoms with Gasteiger partial charge in [-0.2, -0.15) is 0 Å². The van der Waals surface area contributed by atoms with Crippen LogP contribution in [0.5, 0.6) is 11.5 Å². The number of carbonyl (C=O) groups is 3. The minimum Gasteiger partial charge on any atom is -0.490 e. The van der Waals surface area contributed by atoms with Gasteiger partial charge in [0.15, 0.2) is 0 Å². The van der Waals surface area contributed by atoms with Gasteiger partial charge < -0.3 is 25.2 Å². The molecule has 0 saturated heterocycles. The summed E-state index contributed by atoms with van der Waals surface area (Å²) in [5.41, 5.74) is -0.304. The molecule has 0 heterocycles. The van der Waals surface area contributed by atoms with Gasteiger partial charge in [0.25, 0.3) is 11.8 Å². The van der Waals surface area contributed by atoms with Crippen molar-refractivity contribution in [1.82, 2.24) is 10.6 Å². The average Bonchev–Trinajstić information content (AvgIpc) is 2.81. The second-order valence-corrected chi connectivity index (χ2v) is 8.16. The van der Waals surface area contributed by atoms with Crippen LogP contribution in [0.4, 0.5) is 17.6 Å². The summed E-state index contributed by atoms with van der Waals surface area (Å²) in [5, 5.41) is 13.9. The number of nitrogens with one attached hydrogen (secondary N) is 2. The maximum absolute atomic E-state index is 14.5. The molecular formula is C24H24F4N2O6. The van der Waals surface area contributed by atoms with E-state index in [-0.39, 0.29) is 36.1 Å². The largest absolute Gasteiger partial charge is 0.573 e. The van der Waals surface area contributed by atoms with E-state index in [4.69, 9.17) is 9.84 Å². The third-order valence-corrected chi connectivity index (χ3v) is 5.54. The second-order valence-electron chi connectivity index (χ2n) is 8.16. The van der Waals surface area contributed by atoms with Gasteiger partial charge >= 0.3 is 12.3 Å². The maximum atomic E-state index is 14.5. The van der Waals surface area contributed by atoms with Crippen molar-refractivity contribution in [3.63, 3.8) is 0 Å². The van der Waals surface area contributed by atoms with Crippen LogP contribution >= 0.6 is 0 Å². The fourth-order valence-corrected chi connectivity index (χ4v) is 3.76. The summed E-state index contributed by atoms with van der Waals surface area (Å²) in [6, 6.07) is 8.29. The Labute approximate surface area is 203 Å². The topological polar surface area (TPSA) is 114 Å². The lowest BCUT2D eigenvalue weighted by molar-refractivity contribution is -0.274. The molecule has 0 spiro atoms. The van der Waals surface area contributed by atoms with Crippen LogP contribution < -0.4 is 20.1 Å². The van der Waals surface area contributed by atoms with Crippen LogP contribution in [-0.4, -0.2) is 48.4 Å². The Morgan fingerprint density at radius 1 is 0.917 bits per heavy atom. The molecule has 3 rings (SSSR count). The van der Waals surface area contributed by atoms with Gasteiger partial charge in [0, 0.05) is 24.7 Å². The van der Waals surface area contributed by atoms with E-state index in [0.717, 1.165) is 18.2 Å². The molecule has 0 unspecified atom stereocenters. The summed E-state index contributed by atoms with van der Waals surface area (Å²) in [7, 11) is 0. The van der Waals surface area contributed by atoms with E-state index in [1.807, 2.05) is 0 Å². The zero-order valence-electron chi connectivity index (χ0n) is 18.9. The first-order valence-corrected chi connectivity index (χ1v) is 11.1. The monoisotopic (exact) mass is 512 g/mol. The lowest BCUT2D eigenvalue weighted by atomic mass is 9.87. The zero-order chi connectivity index (χ0) is 26.3. The summed E-state index contributed by atoms with van der Waals surface area (Å²) in [4.78, 5) is 35.4. The predicted octanol–water partition coefficient (Wildman–Crippen LogP) is 3.91. The van der Waals surface area contributed by atoms with Crippen molar-refractivity contribution in [3.05, 3.63) is 59.4 Å². The van der Waals surface area contributed by atoms with Crippen LogP contribution in [0, 0.1) is 11.7 Å². The van der Waals surface area contributed by atoms with Crippen LogP contribution in [0.2, 0.25) is 0 Å². The van der Waals surface area contributed by atoms with Crippen molar-refractivity contribution in [1.29, 1.82) is 0 Å². The Bertz CT molecular complexity index is 1100. The summed E-state index contributed by atoms with van der Waals surface area (Å²) in [6.45, 7) is -0.120. The number of alkyl halides is 3. The molecule has 1 fully saturated rings. The van der Waals surface area contributed by atoms with Crippen molar-refractivity contribution in [2.24, 2.45) is 5.92 Å². The van der Waals surface area contributed by atoms with E-state index >= 15 is 0 Å². The number of benzene rings is 2. The maximum Gasteiger partial charge on any atom is 0.573 e. The molecule has 1 aliphatic rings. The molecule has 2 amide bonds. The predicted molar refractivity (Wildman–Crippen MR) is 118 cm³/mol. The van der Waals surface area contributed by atoms with Crippen molar-refractivity contribution in [2.75, 3.05) is 13.1 Å². The molecule has 2 aromatic rings. The van der Waals surface area contributed by atoms with E-state index in [9.17, 15) is 31.9 Å². The third kappa shape index (κ3) is 7.85. The lowest BCUT2D eigenvalue weighted by Gasteiger charge is -2.26. The van der Waals surface area contributed by atoms with Gasteiger partial charge in [0.2, 0.25) is 0 Å². The number of amides is 2. The first kappa shape index (κ1) is 26.8. The Balaban J connectivity index is 1.44. The van der Waals surface area contributed by atoms with Crippen LogP contribution in [0.15, 0.2) is 42.5 Å². The third-order valence-electron chi connectivity index (χ3n) is 5.54. The lowest BCUT2D eigenvalue weighted by Crippen LogP contribution is -2.35. The van der Waals surface area contributed by atoms with Crippen LogP contribution in [0.25, 0.3) is 0 Å². The molecule has 3 N–H and O–H groups in total. The minimum atomic E-state index is -4.89. The molecule has 2 aromatic carbocycles. The van der Waals surface area contributed by atoms with E-state index < -0.39 is 41.6 Å². The fourth-order valence-electron chi connectivity index (χ4n) is 3.76. The van der Waals surface area contributed by atoms with Gasteiger partial charge in [0.05, 0.1) is 17.6 Å². The smallest absolute Gasteiger partial charge is 0.490 e. The normalized spacial score (nSPS) is 17.7. The highest BCUT2D eigenvalue weighted by molar-refractivity contribution is 5.95. The van der Waals surface area contributed by atoms with Crippen LogP contribution in [0.3, 0.4) is 0 Å². The van der Waals surface area contributed by atoms with E-state index in [2.05, 4.69) is 15.4 Å². The van der Waals surface area contributed by atoms with Crippen molar-refractivity contribution >= 4 is 17.8 Å². The molecule has 12 heteroatoms. The molecule has 36 heavy (non-hydrogen) atoms. The molecule has 0 atom stereocenters. The molecule has 1 aliphatic carbocycles. The Morgan fingerprint density at radius 2 is 1.58 bits per heavy atom. The summed E-state index contributed by atoms with van der Waals surface area (Å²) in [5.74, 6) is -3.76. The molecule has 194 valence electrons. The van der Waals surface area contributed by atoms with Crippen molar-refractivity contribution < 1.29 is 46.5 Å². The van der Waals surface area contributed by atoms with Crippen molar-refractivity contribution in [3.8, 4) is 11.5 Å². The average molecular weight is 512 g/mol. The van der Waals surface area contributed by atoms with Gasteiger partial charge in [-0.25, -0.2) is 4.39 Å². The SMILES string of the molecule is O=C(NCCNC(=O)c1ccc(O[C@H]2CC[C@@H](C(=O)O)CC2)cc1F)c1cccc(OC(F)(F)F)c1. The van der Waals surface area contributed by atoms with Gasteiger partial charge in [0.1, 0.15) is 17.3 Å². The highest BCUT2D eigenvalue weighted by Crippen LogP contribution is 2.28. The molecule has 0 aliphatic heterocycles. The number of carbonyl (C=O) groups excluding carboxylic acids is 2. The number of halogens is 4. The number of ether oxygens (including phenoxy) is 2. The number of carboxylic acid groups (broad SMARTS) is 1. The van der Waals surface area contributed by atoms with E-state index in [1.54, 1.807) is 0 Å². The standard InChI is InChI=1S/C24H24F4N2O6/c25-20-13-17(35-16-6-4-14(5-7-16)23(33)34)8-9-19(20)22(32)30-11-10-29-21(31)15-2-1-3-18(12-15)36-24(26,27)28/h1-3,8-9,12-14,16H,4-7,10-11H2,(H,29,31)(H,30,32)(H,33,34)/t14-,16+. The first-order valence-electron chi connectivity index (χ1n) is 11.1. The van der Waals surface area contributed by atoms with Crippen LogP contribution in [-0.2, 0) is 4.79 Å². The van der Waals surface area contributed by atoms with Gasteiger partial charge in [-0.15, -0.1) is 13.2 Å². The number of hydrogen-bond donors (Lipinski definition) is 3. The second kappa shape index (κ2) is 11.7. The fraction of sp³-hybridized carbons (Fsp3) is 0.375. The van der Waals surface area contributed by atoms with Crippen LogP contribution in [0.1, 0.15) is 46.4 Å². The summed E-state index contributed by atoms with van der Waals surface area (Å²) in [6.07, 6.45) is -3.10. The summed E-state index contributed by atoms with van der Waals surface area (Å²) >= 11 is 0. The van der Waals surface area contributed by atoms with Gasteiger partial charge in [-0.05, 0) is 56.0 Å². The number of aliphatic carboxylic acids is 1. The number of rotatable bonds is 9. The number of hydrogen-bond acceptors (Lipinski definition) is 5. The Morgan fingerprint density at radius 3 is 2.19 bits per heavy atom. The van der Waals surface area contributed by atoms with Gasteiger partial charge in [-0.3, -0.25) is 14.4 Å². The number of carboxylic acids is 1. The zero-order valence-corrected chi connectivity index (χ0v) is 18.9. The highest BCUT2D eigenvalue weighted by Gasteiger charge is 2.31. The molecule has 0 aromatic heterocycles. The molecule has 1 saturated carbocycles. The quantitative estimate of drug-likeness (QED) is 0.347. The Hall–Kier alpha value is -3.83. The minimum absolute atomic E-state index is 0.0588. The van der Waals surface area contributed by atoms with E-state index in [0.29, 0.717) is 25.7 Å². The summed E-state index contributed by atoms with van der Waals surface area (Å²) < 4.78 is 60.9. The van der Waals surface area contributed by atoms with Gasteiger partial charge in [-0.1, -0.05) is 6.07 Å². The Kier molecular flexibility index (Phi) is 8.73. The molecular weight excluding hydrogens is 488 g/mol. The molecule has 0 bridgehead atoms.